The zero-order chi connectivity index (χ0) is 17.6. The summed E-state index contributed by atoms with van der Waals surface area (Å²) in [4.78, 5) is 37.8. The lowest BCUT2D eigenvalue weighted by atomic mass is 10.1. The van der Waals surface area contributed by atoms with Crippen molar-refractivity contribution in [3.63, 3.8) is 0 Å². The molecule has 1 aromatic heterocycles. The molecule has 1 heterocycles. The topological polar surface area (TPSA) is 86.7 Å². The summed E-state index contributed by atoms with van der Waals surface area (Å²) in [5.41, 5.74) is 1.13. The van der Waals surface area contributed by atoms with Crippen molar-refractivity contribution in [2.45, 2.75) is 46.6 Å². The smallest absolute Gasteiger partial charge is 0.326 e. The lowest BCUT2D eigenvalue weighted by Gasteiger charge is -2.26. The third kappa shape index (κ3) is 5.35. The Hall–Kier alpha value is -1.89. The van der Waals surface area contributed by atoms with E-state index < -0.39 is 12.0 Å². The van der Waals surface area contributed by atoms with Crippen molar-refractivity contribution in [2.24, 2.45) is 0 Å². The standard InChI is InChI=1S/C16H24N2O4S/c1-5-6-13-9-14(23-11(13)3)15(20)18(10(2)16(21)22)8-7-17-12(4)19/h9-10H,5-8H2,1-4H3,(H,17,19)(H,21,22). The van der Waals surface area contributed by atoms with E-state index in [1.807, 2.05) is 13.0 Å². The molecule has 2 amide bonds. The van der Waals surface area contributed by atoms with Gasteiger partial charge < -0.3 is 15.3 Å². The summed E-state index contributed by atoms with van der Waals surface area (Å²) in [5, 5.41) is 11.8. The first-order chi connectivity index (χ1) is 10.8. The average Bonchev–Trinajstić information content (AvgIpc) is 2.83. The Morgan fingerprint density at radius 1 is 1.39 bits per heavy atom. The number of carbonyl (C=O) groups excluding carboxylic acids is 2. The maximum atomic E-state index is 12.7. The Bertz CT molecular complexity index is 583. The van der Waals surface area contributed by atoms with Crippen molar-refractivity contribution in [1.29, 1.82) is 0 Å². The third-order valence-corrected chi connectivity index (χ3v) is 4.64. The molecule has 6 nitrogen and oxygen atoms in total. The van der Waals surface area contributed by atoms with E-state index in [2.05, 4.69) is 12.2 Å². The highest BCUT2D eigenvalue weighted by atomic mass is 32.1. The fraction of sp³-hybridized carbons (Fsp3) is 0.562. The molecule has 1 atom stereocenters. The zero-order valence-electron chi connectivity index (χ0n) is 14.0. The molecule has 0 aliphatic heterocycles. The highest BCUT2D eigenvalue weighted by Gasteiger charge is 2.27. The van der Waals surface area contributed by atoms with Gasteiger partial charge in [-0.15, -0.1) is 11.3 Å². The SMILES string of the molecule is CCCc1cc(C(=O)N(CCNC(C)=O)C(C)C(=O)O)sc1C. The van der Waals surface area contributed by atoms with Crippen molar-refractivity contribution < 1.29 is 19.5 Å². The summed E-state index contributed by atoms with van der Waals surface area (Å²) in [6.45, 7) is 7.28. The monoisotopic (exact) mass is 340 g/mol. The van der Waals surface area contributed by atoms with Crippen molar-refractivity contribution in [2.75, 3.05) is 13.1 Å². The molecule has 0 bridgehead atoms. The van der Waals surface area contributed by atoms with Gasteiger partial charge >= 0.3 is 5.97 Å². The van der Waals surface area contributed by atoms with Gasteiger partial charge in [0.15, 0.2) is 0 Å². The van der Waals surface area contributed by atoms with Gasteiger partial charge in [0.1, 0.15) is 6.04 Å². The van der Waals surface area contributed by atoms with Crippen LogP contribution >= 0.6 is 11.3 Å². The number of nitrogens with one attached hydrogen (secondary N) is 1. The number of aryl methyl sites for hydroxylation is 2. The third-order valence-electron chi connectivity index (χ3n) is 3.56. The molecule has 1 unspecified atom stereocenters. The van der Waals surface area contributed by atoms with Crippen LogP contribution in [0.3, 0.4) is 0 Å². The number of carboxylic acids is 1. The molecule has 0 aliphatic carbocycles. The van der Waals surface area contributed by atoms with Crippen molar-refractivity contribution >= 4 is 29.1 Å². The van der Waals surface area contributed by atoms with Gasteiger partial charge in [-0.3, -0.25) is 9.59 Å². The lowest BCUT2D eigenvalue weighted by Crippen LogP contribution is -2.46. The molecule has 0 fully saturated rings. The number of hydrogen-bond donors (Lipinski definition) is 2. The van der Waals surface area contributed by atoms with Crippen LogP contribution in [0.2, 0.25) is 0 Å². The van der Waals surface area contributed by atoms with Gasteiger partial charge in [0.2, 0.25) is 5.91 Å². The summed E-state index contributed by atoms with van der Waals surface area (Å²) in [5.74, 6) is -1.58. The minimum absolute atomic E-state index is 0.159. The van der Waals surface area contributed by atoms with Crippen LogP contribution in [0.25, 0.3) is 0 Å². The summed E-state index contributed by atoms with van der Waals surface area (Å²) in [7, 11) is 0. The van der Waals surface area contributed by atoms with Crippen LogP contribution in [0.5, 0.6) is 0 Å². The first-order valence-electron chi connectivity index (χ1n) is 7.65. The molecule has 0 aromatic carbocycles. The van der Waals surface area contributed by atoms with Gasteiger partial charge in [0, 0.05) is 24.9 Å². The van der Waals surface area contributed by atoms with Gasteiger partial charge in [-0.2, -0.15) is 0 Å². The van der Waals surface area contributed by atoms with E-state index in [-0.39, 0.29) is 24.9 Å². The van der Waals surface area contributed by atoms with E-state index in [1.165, 1.54) is 30.1 Å². The lowest BCUT2D eigenvalue weighted by molar-refractivity contribution is -0.141. The van der Waals surface area contributed by atoms with Gasteiger partial charge in [-0.1, -0.05) is 13.3 Å². The molecule has 0 saturated heterocycles. The van der Waals surface area contributed by atoms with E-state index >= 15 is 0 Å². The van der Waals surface area contributed by atoms with E-state index in [1.54, 1.807) is 0 Å². The number of rotatable bonds is 8. The van der Waals surface area contributed by atoms with Crippen molar-refractivity contribution in [3.05, 3.63) is 21.4 Å². The van der Waals surface area contributed by atoms with Crippen LogP contribution in [0.1, 0.15) is 47.3 Å². The largest absolute Gasteiger partial charge is 0.480 e. The highest BCUT2D eigenvalue weighted by Crippen LogP contribution is 2.24. The molecule has 0 spiro atoms. The molecule has 0 saturated carbocycles. The molecule has 7 heteroatoms. The number of carboxylic acid groups (broad SMARTS) is 1. The molecule has 1 aromatic rings. The Morgan fingerprint density at radius 3 is 2.57 bits per heavy atom. The molecule has 23 heavy (non-hydrogen) atoms. The number of aliphatic carboxylic acids is 1. The quantitative estimate of drug-likeness (QED) is 0.758. The fourth-order valence-corrected chi connectivity index (χ4v) is 3.27. The van der Waals surface area contributed by atoms with Crippen LogP contribution in [0, 0.1) is 6.92 Å². The Balaban J connectivity index is 2.95. The fourth-order valence-electron chi connectivity index (χ4n) is 2.24. The molecule has 0 radical (unpaired) electrons. The Morgan fingerprint density at radius 2 is 2.04 bits per heavy atom. The van der Waals surface area contributed by atoms with Crippen LogP contribution in [0.15, 0.2) is 6.07 Å². The number of thiophene rings is 1. The molecular weight excluding hydrogens is 316 g/mol. The predicted molar refractivity (Wildman–Crippen MR) is 89.9 cm³/mol. The second-order valence-corrected chi connectivity index (χ2v) is 6.69. The Kier molecular flexibility index (Phi) is 7.22. The van der Waals surface area contributed by atoms with Gasteiger partial charge in [-0.25, -0.2) is 4.79 Å². The van der Waals surface area contributed by atoms with Crippen molar-refractivity contribution in [3.8, 4) is 0 Å². The minimum Gasteiger partial charge on any atom is -0.480 e. The first kappa shape index (κ1) is 19.2. The summed E-state index contributed by atoms with van der Waals surface area (Å²) in [6, 6.07) is 0.902. The molecular formula is C16H24N2O4S. The van der Waals surface area contributed by atoms with Gasteiger partial charge in [0.25, 0.3) is 5.91 Å². The number of amides is 2. The maximum Gasteiger partial charge on any atom is 0.326 e. The maximum absolute atomic E-state index is 12.7. The van der Waals surface area contributed by atoms with E-state index in [9.17, 15) is 19.5 Å². The number of hydrogen-bond acceptors (Lipinski definition) is 4. The van der Waals surface area contributed by atoms with Crippen LogP contribution in [-0.4, -0.2) is 46.9 Å². The minimum atomic E-state index is -1.07. The van der Waals surface area contributed by atoms with E-state index in [0.29, 0.717) is 4.88 Å². The van der Waals surface area contributed by atoms with Gasteiger partial charge in [0.05, 0.1) is 4.88 Å². The normalized spacial score (nSPS) is 11.8. The zero-order valence-corrected chi connectivity index (χ0v) is 14.8. The average molecular weight is 340 g/mol. The number of nitrogens with zero attached hydrogens (tertiary/aromatic N) is 1. The molecule has 1 rings (SSSR count). The Labute approximate surface area is 140 Å². The van der Waals surface area contributed by atoms with E-state index in [4.69, 9.17) is 0 Å². The van der Waals surface area contributed by atoms with E-state index in [0.717, 1.165) is 23.3 Å². The van der Waals surface area contributed by atoms with Gasteiger partial charge in [-0.05, 0) is 31.9 Å². The summed E-state index contributed by atoms with van der Waals surface area (Å²) in [6.07, 6.45) is 1.89. The van der Waals surface area contributed by atoms with Crippen LogP contribution in [-0.2, 0) is 16.0 Å². The number of carbonyl (C=O) groups is 3. The van der Waals surface area contributed by atoms with Crippen LogP contribution in [0.4, 0.5) is 0 Å². The predicted octanol–water partition coefficient (Wildman–Crippen LogP) is 2.06. The second-order valence-electron chi connectivity index (χ2n) is 5.44. The second kappa shape index (κ2) is 8.67. The molecule has 0 aliphatic rings. The van der Waals surface area contributed by atoms with Crippen molar-refractivity contribution in [1.82, 2.24) is 10.2 Å². The summed E-state index contributed by atoms with van der Waals surface area (Å²) < 4.78 is 0. The van der Waals surface area contributed by atoms with Crippen LogP contribution < -0.4 is 5.32 Å². The molecule has 2 N–H and O–H groups in total. The highest BCUT2D eigenvalue weighted by molar-refractivity contribution is 7.14. The summed E-state index contributed by atoms with van der Waals surface area (Å²) >= 11 is 1.39. The molecule has 128 valence electrons. The first-order valence-corrected chi connectivity index (χ1v) is 8.47.